The topological polar surface area (TPSA) is 49.8 Å². The normalized spacial score (nSPS) is 32.0. The molecule has 0 radical (unpaired) electrons. The summed E-state index contributed by atoms with van der Waals surface area (Å²) >= 11 is 0. The highest BCUT2D eigenvalue weighted by Gasteiger charge is 2.32. The van der Waals surface area contributed by atoms with Crippen LogP contribution in [0.1, 0.15) is 26.2 Å². The molecule has 2 aliphatic heterocycles. The Hall–Kier alpha value is -0.610. The standard InChI is InChI=1S/C12H21NO3/c1-9-6-11(8-16-9)12(15)13-4-2-10(7-14)3-5-13/h9-11,14H,2-8H2,1H3. The summed E-state index contributed by atoms with van der Waals surface area (Å²) in [4.78, 5) is 14.1. The minimum atomic E-state index is 0.0701. The second kappa shape index (κ2) is 5.15. The summed E-state index contributed by atoms with van der Waals surface area (Å²) in [6.45, 7) is 4.46. The first-order chi connectivity index (χ1) is 7.70. The number of hydrogen-bond acceptors (Lipinski definition) is 3. The van der Waals surface area contributed by atoms with E-state index in [1.165, 1.54) is 0 Å². The molecule has 2 saturated heterocycles. The second-order valence-electron chi connectivity index (χ2n) is 5.03. The Balaban J connectivity index is 1.82. The van der Waals surface area contributed by atoms with Crippen molar-refractivity contribution >= 4 is 5.91 Å². The molecule has 1 amide bonds. The van der Waals surface area contributed by atoms with Crippen LogP contribution in [0.5, 0.6) is 0 Å². The van der Waals surface area contributed by atoms with Crippen LogP contribution in [0.4, 0.5) is 0 Å². The molecule has 0 aromatic rings. The van der Waals surface area contributed by atoms with E-state index in [4.69, 9.17) is 9.84 Å². The van der Waals surface area contributed by atoms with Crippen molar-refractivity contribution in [2.24, 2.45) is 11.8 Å². The van der Waals surface area contributed by atoms with Gasteiger partial charge in [0.2, 0.25) is 5.91 Å². The lowest BCUT2D eigenvalue weighted by atomic mass is 9.96. The van der Waals surface area contributed by atoms with Crippen LogP contribution in [-0.4, -0.2) is 48.3 Å². The van der Waals surface area contributed by atoms with Crippen LogP contribution >= 0.6 is 0 Å². The van der Waals surface area contributed by atoms with Gasteiger partial charge in [0.05, 0.1) is 18.6 Å². The zero-order valence-corrected chi connectivity index (χ0v) is 9.89. The van der Waals surface area contributed by atoms with E-state index < -0.39 is 0 Å². The monoisotopic (exact) mass is 227 g/mol. The van der Waals surface area contributed by atoms with E-state index in [9.17, 15) is 4.79 Å². The molecule has 0 saturated carbocycles. The van der Waals surface area contributed by atoms with Crippen LogP contribution in [0, 0.1) is 11.8 Å². The number of rotatable bonds is 2. The van der Waals surface area contributed by atoms with Gasteiger partial charge in [0.1, 0.15) is 0 Å². The molecule has 92 valence electrons. The summed E-state index contributed by atoms with van der Waals surface area (Å²) in [5, 5.41) is 9.04. The molecule has 16 heavy (non-hydrogen) atoms. The molecule has 0 aromatic heterocycles. The van der Waals surface area contributed by atoms with E-state index in [0.717, 1.165) is 32.4 Å². The van der Waals surface area contributed by atoms with Gasteiger partial charge >= 0.3 is 0 Å². The average Bonchev–Trinajstić information content (AvgIpc) is 2.75. The fraction of sp³-hybridized carbons (Fsp3) is 0.917. The Bertz CT molecular complexity index is 249. The van der Waals surface area contributed by atoms with E-state index in [1.54, 1.807) is 0 Å². The number of nitrogens with zero attached hydrogens (tertiary/aromatic N) is 1. The summed E-state index contributed by atoms with van der Waals surface area (Å²) < 4.78 is 5.43. The van der Waals surface area contributed by atoms with Crippen molar-refractivity contribution in [1.29, 1.82) is 0 Å². The third-order valence-electron chi connectivity index (χ3n) is 3.73. The van der Waals surface area contributed by atoms with Crippen molar-refractivity contribution < 1.29 is 14.6 Å². The maximum Gasteiger partial charge on any atom is 0.228 e. The Morgan fingerprint density at radius 3 is 2.62 bits per heavy atom. The third-order valence-corrected chi connectivity index (χ3v) is 3.73. The highest BCUT2D eigenvalue weighted by atomic mass is 16.5. The number of aliphatic hydroxyl groups is 1. The number of hydrogen-bond donors (Lipinski definition) is 1. The van der Waals surface area contributed by atoms with E-state index in [1.807, 2.05) is 11.8 Å². The Kier molecular flexibility index (Phi) is 3.82. The fourth-order valence-electron chi connectivity index (χ4n) is 2.58. The quantitative estimate of drug-likeness (QED) is 0.753. The summed E-state index contributed by atoms with van der Waals surface area (Å²) in [7, 11) is 0. The SMILES string of the molecule is CC1CC(C(=O)N2CCC(CO)CC2)CO1. The molecular formula is C12H21NO3. The van der Waals surface area contributed by atoms with E-state index >= 15 is 0 Å². The first-order valence-corrected chi connectivity index (χ1v) is 6.22. The van der Waals surface area contributed by atoms with Crippen LogP contribution < -0.4 is 0 Å². The predicted molar refractivity (Wildman–Crippen MR) is 59.9 cm³/mol. The molecule has 2 fully saturated rings. The molecule has 2 aliphatic rings. The highest BCUT2D eigenvalue weighted by Crippen LogP contribution is 2.24. The van der Waals surface area contributed by atoms with Gasteiger partial charge < -0.3 is 14.7 Å². The average molecular weight is 227 g/mol. The zero-order chi connectivity index (χ0) is 11.5. The molecule has 0 spiro atoms. The van der Waals surface area contributed by atoms with Gasteiger partial charge in [0, 0.05) is 19.7 Å². The van der Waals surface area contributed by atoms with Gasteiger partial charge in [-0.15, -0.1) is 0 Å². The molecule has 1 N–H and O–H groups in total. The van der Waals surface area contributed by atoms with Crippen molar-refractivity contribution in [2.75, 3.05) is 26.3 Å². The molecule has 2 atom stereocenters. The first kappa shape index (κ1) is 11.9. The number of ether oxygens (including phenoxy) is 1. The summed E-state index contributed by atoms with van der Waals surface area (Å²) in [5.74, 6) is 0.712. The minimum absolute atomic E-state index is 0.0701. The van der Waals surface area contributed by atoms with Crippen LogP contribution in [0.2, 0.25) is 0 Å². The van der Waals surface area contributed by atoms with Crippen LogP contribution in [0.15, 0.2) is 0 Å². The van der Waals surface area contributed by atoms with Gasteiger partial charge in [-0.25, -0.2) is 0 Å². The molecule has 0 bridgehead atoms. The maximum absolute atomic E-state index is 12.1. The number of likely N-dealkylation sites (tertiary alicyclic amines) is 1. The lowest BCUT2D eigenvalue weighted by molar-refractivity contribution is -0.137. The minimum Gasteiger partial charge on any atom is -0.396 e. The van der Waals surface area contributed by atoms with Gasteiger partial charge in [-0.05, 0) is 32.1 Å². The van der Waals surface area contributed by atoms with Crippen molar-refractivity contribution in [1.82, 2.24) is 4.90 Å². The predicted octanol–water partition coefficient (Wildman–Crippen LogP) is 0.642. The van der Waals surface area contributed by atoms with Gasteiger partial charge in [0.15, 0.2) is 0 Å². The van der Waals surface area contributed by atoms with Crippen molar-refractivity contribution in [3.8, 4) is 0 Å². The number of carbonyl (C=O) groups excluding carboxylic acids is 1. The Labute approximate surface area is 96.6 Å². The Morgan fingerprint density at radius 2 is 2.12 bits per heavy atom. The number of amides is 1. The lowest BCUT2D eigenvalue weighted by Crippen LogP contribution is -2.42. The molecular weight excluding hydrogens is 206 g/mol. The van der Waals surface area contributed by atoms with Crippen molar-refractivity contribution in [3.63, 3.8) is 0 Å². The van der Waals surface area contributed by atoms with Gasteiger partial charge in [0.25, 0.3) is 0 Å². The number of aliphatic hydroxyl groups excluding tert-OH is 1. The highest BCUT2D eigenvalue weighted by molar-refractivity contribution is 5.79. The molecule has 2 rings (SSSR count). The Morgan fingerprint density at radius 1 is 1.44 bits per heavy atom. The van der Waals surface area contributed by atoms with Crippen molar-refractivity contribution in [3.05, 3.63) is 0 Å². The van der Waals surface area contributed by atoms with Gasteiger partial charge in [-0.2, -0.15) is 0 Å². The molecule has 0 aromatic carbocycles. The molecule has 2 unspecified atom stereocenters. The lowest BCUT2D eigenvalue weighted by Gasteiger charge is -2.32. The van der Waals surface area contributed by atoms with Crippen molar-refractivity contribution in [2.45, 2.75) is 32.3 Å². The number of carbonyl (C=O) groups is 1. The van der Waals surface area contributed by atoms with Crippen LogP contribution in [0.3, 0.4) is 0 Å². The van der Waals surface area contributed by atoms with Gasteiger partial charge in [-0.3, -0.25) is 4.79 Å². The number of piperidine rings is 1. The largest absolute Gasteiger partial charge is 0.396 e. The molecule has 4 heteroatoms. The maximum atomic E-state index is 12.1. The smallest absolute Gasteiger partial charge is 0.228 e. The van der Waals surface area contributed by atoms with Gasteiger partial charge in [-0.1, -0.05) is 0 Å². The van der Waals surface area contributed by atoms with E-state index in [2.05, 4.69) is 0 Å². The van der Waals surface area contributed by atoms with Crippen LogP contribution in [0.25, 0.3) is 0 Å². The summed E-state index contributed by atoms with van der Waals surface area (Å²) in [6, 6.07) is 0. The van der Waals surface area contributed by atoms with Crippen LogP contribution in [-0.2, 0) is 9.53 Å². The first-order valence-electron chi connectivity index (χ1n) is 6.22. The van der Waals surface area contributed by atoms with E-state index in [0.29, 0.717) is 12.5 Å². The molecule has 0 aliphatic carbocycles. The summed E-state index contributed by atoms with van der Waals surface area (Å²) in [5.41, 5.74) is 0. The van der Waals surface area contributed by atoms with E-state index in [-0.39, 0.29) is 24.5 Å². The molecule has 2 heterocycles. The third kappa shape index (κ3) is 2.55. The second-order valence-corrected chi connectivity index (χ2v) is 5.03. The molecule has 4 nitrogen and oxygen atoms in total. The zero-order valence-electron chi connectivity index (χ0n) is 9.89. The fourth-order valence-corrected chi connectivity index (χ4v) is 2.58. The summed E-state index contributed by atoms with van der Waals surface area (Å²) in [6.07, 6.45) is 2.96.